The second kappa shape index (κ2) is 10.8. The smallest absolute Gasteiger partial charge is 0.316 e. The fourth-order valence-electron chi connectivity index (χ4n) is 0.277. The van der Waals surface area contributed by atoms with E-state index in [0.717, 1.165) is 0 Å². The third-order valence-corrected chi connectivity index (χ3v) is 11.5. The van der Waals surface area contributed by atoms with Crippen molar-refractivity contribution in [2.24, 2.45) is 0 Å². The third kappa shape index (κ3) is 49.7. The first-order chi connectivity index (χ1) is 9.15. The van der Waals surface area contributed by atoms with Crippen LogP contribution in [-0.4, -0.2) is 39.1 Å². The van der Waals surface area contributed by atoms with Gasteiger partial charge in [-0.05, 0) is 13.8 Å². The Kier molecular flexibility index (Phi) is 13.7. The highest BCUT2D eigenvalue weighted by molar-refractivity contribution is 8.84. The van der Waals surface area contributed by atoms with Gasteiger partial charge in [-0.15, -0.1) is 6.58 Å². The molecule has 136 valence electrons. The molecule has 22 heavy (non-hydrogen) atoms. The number of hydrogen-bond acceptors (Lipinski definition) is 6. The van der Waals surface area contributed by atoms with Crippen molar-refractivity contribution in [1.29, 1.82) is 0 Å². The molecule has 0 aliphatic heterocycles. The van der Waals surface area contributed by atoms with E-state index in [1.165, 1.54) is 5.57 Å². The zero-order valence-corrected chi connectivity index (χ0v) is 16.2. The Bertz CT molecular complexity index is 435. The molecular weight excluding hydrogens is 428 g/mol. The van der Waals surface area contributed by atoms with Gasteiger partial charge in [0.05, 0.1) is 22.0 Å². The average molecular weight is 444 g/mol. The second-order valence-electron chi connectivity index (χ2n) is 3.33. The van der Waals surface area contributed by atoms with E-state index in [9.17, 15) is 18.3 Å². The topological polar surface area (TPSA) is 230 Å². The van der Waals surface area contributed by atoms with Gasteiger partial charge in [-0.3, -0.25) is 0 Å². The van der Waals surface area contributed by atoms with E-state index in [2.05, 4.69) is 6.58 Å². The van der Waals surface area contributed by atoms with Gasteiger partial charge < -0.3 is 39.1 Å². The highest BCUT2D eigenvalue weighted by Gasteiger charge is 2.29. The summed E-state index contributed by atoms with van der Waals surface area (Å²) in [6.45, 7) is -11.0. The van der Waals surface area contributed by atoms with Gasteiger partial charge in [0.1, 0.15) is 0 Å². The van der Waals surface area contributed by atoms with Crippen molar-refractivity contribution in [3.05, 3.63) is 12.2 Å². The molecule has 0 aliphatic carbocycles. The van der Waals surface area contributed by atoms with Gasteiger partial charge in [0, 0.05) is 0 Å². The first-order valence-electron chi connectivity index (χ1n) is 4.41. The monoisotopic (exact) mass is 444 g/mol. The van der Waals surface area contributed by atoms with E-state index in [0.29, 0.717) is 0 Å². The van der Waals surface area contributed by atoms with Crippen molar-refractivity contribution >= 4 is 49.2 Å². The molecule has 0 aromatic heterocycles. The maximum atomic E-state index is 9.81. The average Bonchev–Trinajstić information content (AvgIpc) is 1.84. The summed E-state index contributed by atoms with van der Waals surface area (Å²) in [7, 11) is 0. The molecule has 0 amide bonds. The molecule has 0 aromatic carbocycles. The molecule has 0 saturated carbocycles. The minimum atomic E-state index is -4.63. The van der Waals surface area contributed by atoms with Gasteiger partial charge in [0.25, 0.3) is 0 Å². The molecule has 0 bridgehead atoms. The SMILES string of the molecule is C=C(C)C.O=P(O)(O)SP(=O)(O)O.O=P(O)(O)SP(=O)(O)O. The van der Waals surface area contributed by atoms with Crippen LogP contribution >= 0.6 is 49.2 Å². The minimum Gasteiger partial charge on any atom is -0.316 e. The Morgan fingerprint density at radius 2 is 0.727 bits per heavy atom. The van der Waals surface area contributed by atoms with Gasteiger partial charge in [0.15, 0.2) is 0 Å². The largest absolute Gasteiger partial charge is 0.395 e. The normalized spacial score (nSPS) is 12.5. The van der Waals surface area contributed by atoms with Crippen LogP contribution in [0.1, 0.15) is 13.8 Å². The lowest BCUT2D eigenvalue weighted by molar-refractivity contribution is 0.387. The molecule has 0 heterocycles. The van der Waals surface area contributed by atoms with Crippen molar-refractivity contribution in [2.45, 2.75) is 13.8 Å². The van der Waals surface area contributed by atoms with E-state index in [1.54, 1.807) is 0 Å². The van der Waals surface area contributed by atoms with E-state index in [4.69, 9.17) is 39.1 Å². The molecule has 0 radical (unpaired) electrons. The summed E-state index contributed by atoms with van der Waals surface area (Å²) in [5.74, 6) is 0. The number of hydrogen-bond donors (Lipinski definition) is 8. The molecule has 0 atom stereocenters. The predicted molar refractivity (Wildman–Crippen MR) is 83.8 cm³/mol. The van der Waals surface area contributed by atoms with Crippen LogP contribution in [0.2, 0.25) is 0 Å². The Morgan fingerprint density at radius 3 is 0.727 bits per heavy atom. The molecule has 0 aliphatic rings. The zero-order valence-electron chi connectivity index (χ0n) is 11.0. The van der Waals surface area contributed by atoms with Crippen molar-refractivity contribution in [2.75, 3.05) is 0 Å². The van der Waals surface area contributed by atoms with Crippen molar-refractivity contribution in [3.63, 3.8) is 0 Å². The molecular formula is C4H16O12P4S2. The first-order valence-corrected chi connectivity index (χ1v) is 14.9. The summed E-state index contributed by atoms with van der Waals surface area (Å²) >= 11 is -1.31. The van der Waals surface area contributed by atoms with Crippen LogP contribution in [0.5, 0.6) is 0 Å². The Balaban J connectivity index is -0.000000266. The first kappa shape index (κ1) is 27.9. The van der Waals surface area contributed by atoms with Gasteiger partial charge in [-0.2, -0.15) is 0 Å². The molecule has 18 heteroatoms. The van der Waals surface area contributed by atoms with E-state index in [-0.39, 0.29) is 0 Å². The summed E-state index contributed by atoms with van der Waals surface area (Å²) in [5, 5.41) is 0. The van der Waals surface area contributed by atoms with E-state index >= 15 is 0 Å². The highest BCUT2D eigenvalue weighted by atomic mass is 33.1. The maximum absolute atomic E-state index is 9.81. The fraction of sp³-hybridized carbons (Fsp3) is 0.500. The lowest BCUT2D eigenvalue weighted by Gasteiger charge is -2.02. The van der Waals surface area contributed by atoms with Gasteiger partial charge in [0.2, 0.25) is 0 Å². The van der Waals surface area contributed by atoms with Crippen LogP contribution in [0.3, 0.4) is 0 Å². The standard InChI is InChI=1S/C4H8.2H4O6P2S/c1-4(2)3;2*1-7(2,3)9-8(4,5)6/h1H2,2-3H3;2*(H2,1,2,3)(H2,4,5,6). The van der Waals surface area contributed by atoms with Crippen LogP contribution in [0.4, 0.5) is 0 Å². The summed E-state index contributed by atoms with van der Waals surface area (Å²) in [5.41, 5.74) is 1.17. The Labute approximate surface area is 133 Å². The maximum Gasteiger partial charge on any atom is 0.395 e. The van der Waals surface area contributed by atoms with Crippen LogP contribution in [0.25, 0.3) is 0 Å². The van der Waals surface area contributed by atoms with Crippen LogP contribution < -0.4 is 0 Å². The molecule has 0 aromatic rings. The molecule has 0 fully saturated rings. The molecule has 8 N–H and O–H groups in total. The molecule has 0 unspecified atom stereocenters. The molecule has 12 nitrogen and oxygen atoms in total. The Morgan fingerprint density at radius 1 is 0.636 bits per heavy atom. The minimum absolute atomic E-state index is 0.653. The Hall–Kier alpha value is 1.04. The van der Waals surface area contributed by atoms with Crippen molar-refractivity contribution < 1.29 is 57.4 Å². The van der Waals surface area contributed by atoms with Gasteiger partial charge >= 0.3 is 27.2 Å². The second-order valence-corrected chi connectivity index (χ2v) is 17.2. The highest BCUT2D eigenvalue weighted by Crippen LogP contribution is 2.70. The van der Waals surface area contributed by atoms with Crippen molar-refractivity contribution in [3.8, 4) is 0 Å². The summed E-state index contributed by atoms with van der Waals surface area (Å²) in [6, 6.07) is 0. The van der Waals surface area contributed by atoms with E-state index in [1.807, 2.05) is 13.8 Å². The zero-order chi connectivity index (χ0) is 19.0. The molecule has 0 spiro atoms. The summed E-state index contributed by atoms with van der Waals surface area (Å²) < 4.78 is 39.2. The van der Waals surface area contributed by atoms with E-state index < -0.39 is 49.2 Å². The quantitative estimate of drug-likeness (QED) is 0.226. The molecule has 0 rings (SSSR count). The fourth-order valence-corrected chi connectivity index (χ4v) is 7.48. The summed E-state index contributed by atoms with van der Waals surface area (Å²) in [4.78, 5) is 63.5. The van der Waals surface area contributed by atoms with Gasteiger partial charge in [-0.1, -0.05) is 5.57 Å². The molecule has 0 saturated heterocycles. The van der Waals surface area contributed by atoms with Gasteiger partial charge in [-0.25, -0.2) is 18.3 Å². The predicted octanol–water partition coefficient (Wildman–Crippen LogP) is 1.39. The van der Waals surface area contributed by atoms with Crippen LogP contribution in [0, 0.1) is 0 Å². The number of allylic oxidation sites excluding steroid dienone is 1. The third-order valence-electron chi connectivity index (χ3n) is 0.425. The van der Waals surface area contributed by atoms with Crippen molar-refractivity contribution in [1.82, 2.24) is 0 Å². The summed E-state index contributed by atoms with van der Waals surface area (Å²) in [6.07, 6.45) is 0. The van der Waals surface area contributed by atoms with Crippen LogP contribution in [-0.2, 0) is 18.3 Å². The number of rotatable bonds is 4. The lowest BCUT2D eigenvalue weighted by Crippen LogP contribution is -1.71. The van der Waals surface area contributed by atoms with Crippen LogP contribution in [0.15, 0.2) is 12.2 Å². The lowest BCUT2D eigenvalue weighted by atomic mass is 10.4.